The molecule has 3 rings (SSSR count). The molecular formula is C20H19N5O4. The van der Waals surface area contributed by atoms with Gasteiger partial charge in [-0.3, -0.25) is 20.0 Å². The minimum atomic E-state index is -0.480. The number of carbonyl (C=O) groups is 1. The molecule has 0 saturated carbocycles. The van der Waals surface area contributed by atoms with E-state index in [1.165, 1.54) is 18.3 Å². The minimum absolute atomic E-state index is 0.0129. The summed E-state index contributed by atoms with van der Waals surface area (Å²) in [5.74, 6) is 0.327. The van der Waals surface area contributed by atoms with E-state index in [9.17, 15) is 14.9 Å². The molecule has 2 aromatic carbocycles. The molecule has 0 unspecified atom stereocenters. The Morgan fingerprint density at radius 1 is 1.24 bits per heavy atom. The molecule has 2 N–H and O–H groups in total. The summed E-state index contributed by atoms with van der Waals surface area (Å²) in [5.41, 5.74) is 5.54. The summed E-state index contributed by atoms with van der Waals surface area (Å²) in [6.07, 6.45) is 1.40. The second kappa shape index (κ2) is 8.79. The number of hydrogen-bond acceptors (Lipinski definition) is 6. The number of ether oxygens (including phenoxy) is 1. The van der Waals surface area contributed by atoms with Gasteiger partial charge in [-0.15, -0.1) is 0 Å². The number of benzene rings is 2. The van der Waals surface area contributed by atoms with Crippen LogP contribution < -0.4 is 10.2 Å². The molecule has 0 aliphatic carbocycles. The number of H-pyrrole nitrogens is 1. The molecule has 0 atom stereocenters. The van der Waals surface area contributed by atoms with Crippen LogP contribution in [0.3, 0.4) is 0 Å². The Balaban J connectivity index is 1.67. The third-order valence-electron chi connectivity index (χ3n) is 4.16. The number of nitrogens with zero attached hydrogens (tertiary/aromatic N) is 3. The van der Waals surface area contributed by atoms with Crippen molar-refractivity contribution >= 4 is 17.8 Å². The van der Waals surface area contributed by atoms with E-state index in [0.29, 0.717) is 29.1 Å². The van der Waals surface area contributed by atoms with E-state index in [2.05, 4.69) is 20.7 Å². The van der Waals surface area contributed by atoms with Crippen molar-refractivity contribution in [2.45, 2.75) is 13.8 Å². The van der Waals surface area contributed by atoms with Crippen LogP contribution in [0.5, 0.6) is 5.75 Å². The maximum absolute atomic E-state index is 12.4. The van der Waals surface area contributed by atoms with Gasteiger partial charge in [0.15, 0.2) is 0 Å². The van der Waals surface area contributed by atoms with Gasteiger partial charge >= 0.3 is 0 Å². The smallest absolute Gasteiger partial charge is 0.289 e. The van der Waals surface area contributed by atoms with Gasteiger partial charge in [-0.05, 0) is 55.8 Å². The number of amides is 1. The maximum atomic E-state index is 12.4. The van der Waals surface area contributed by atoms with Crippen LogP contribution >= 0.6 is 0 Å². The third-order valence-corrected chi connectivity index (χ3v) is 4.16. The van der Waals surface area contributed by atoms with Gasteiger partial charge in [0.05, 0.1) is 23.4 Å². The van der Waals surface area contributed by atoms with Crippen LogP contribution in [0.4, 0.5) is 5.69 Å². The molecule has 9 heteroatoms. The highest BCUT2D eigenvalue weighted by Gasteiger charge is 2.16. The Morgan fingerprint density at radius 3 is 2.55 bits per heavy atom. The van der Waals surface area contributed by atoms with E-state index < -0.39 is 10.8 Å². The van der Waals surface area contributed by atoms with Gasteiger partial charge in [-0.25, -0.2) is 5.43 Å². The standard InChI is InChI=1S/C20H19N5O4/c1-3-29-17-10-6-15(7-11-17)18-13(2)19(23-22-18)20(26)24-21-12-14-4-8-16(9-5-14)25(27)28/h4-12H,3H2,1-2H3,(H,22,23)(H,24,26)/b21-12-. The van der Waals surface area contributed by atoms with Crippen molar-refractivity contribution in [3.05, 3.63) is 75.5 Å². The van der Waals surface area contributed by atoms with Crippen molar-refractivity contribution in [1.82, 2.24) is 15.6 Å². The topological polar surface area (TPSA) is 123 Å². The average Bonchev–Trinajstić information content (AvgIpc) is 3.10. The number of nitrogens with one attached hydrogen (secondary N) is 2. The van der Waals surface area contributed by atoms with Crippen LogP contribution in [0.25, 0.3) is 11.3 Å². The van der Waals surface area contributed by atoms with E-state index in [4.69, 9.17) is 4.74 Å². The first-order chi connectivity index (χ1) is 14.0. The lowest BCUT2D eigenvalue weighted by molar-refractivity contribution is -0.384. The predicted molar refractivity (Wildman–Crippen MR) is 108 cm³/mol. The van der Waals surface area contributed by atoms with Crippen molar-refractivity contribution in [3.63, 3.8) is 0 Å². The molecule has 0 fully saturated rings. The predicted octanol–water partition coefficient (Wildman–Crippen LogP) is 3.46. The molecule has 1 heterocycles. The monoisotopic (exact) mass is 393 g/mol. The lowest BCUT2D eigenvalue weighted by Gasteiger charge is -2.04. The van der Waals surface area contributed by atoms with Gasteiger partial charge < -0.3 is 4.74 Å². The molecular weight excluding hydrogens is 374 g/mol. The first-order valence-corrected chi connectivity index (χ1v) is 8.85. The highest BCUT2D eigenvalue weighted by Crippen LogP contribution is 2.25. The number of aromatic amines is 1. The Labute approximate surface area is 166 Å². The molecule has 29 heavy (non-hydrogen) atoms. The summed E-state index contributed by atoms with van der Waals surface area (Å²) < 4.78 is 5.43. The van der Waals surface area contributed by atoms with Crippen LogP contribution in [0.15, 0.2) is 53.6 Å². The average molecular weight is 393 g/mol. The second-order valence-electron chi connectivity index (χ2n) is 6.08. The Morgan fingerprint density at radius 2 is 1.93 bits per heavy atom. The number of hydrazone groups is 1. The van der Waals surface area contributed by atoms with Gasteiger partial charge in [-0.1, -0.05) is 0 Å². The highest BCUT2D eigenvalue weighted by atomic mass is 16.6. The van der Waals surface area contributed by atoms with Crippen LogP contribution in [0.2, 0.25) is 0 Å². The van der Waals surface area contributed by atoms with Crippen LogP contribution in [-0.2, 0) is 0 Å². The SMILES string of the molecule is CCOc1ccc(-c2n[nH]c(C(=O)N/N=C\c3ccc([N+](=O)[O-])cc3)c2C)cc1. The first-order valence-electron chi connectivity index (χ1n) is 8.85. The van der Waals surface area contributed by atoms with E-state index >= 15 is 0 Å². The molecule has 1 amide bonds. The Kier molecular flexibility index (Phi) is 5.98. The molecule has 9 nitrogen and oxygen atoms in total. The summed E-state index contributed by atoms with van der Waals surface area (Å²) in [6.45, 7) is 4.30. The van der Waals surface area contributed by atoms with Crippen LogP contribution in [-0.4, -0.2) is 33.8 Å². The summed E-state index contributed by atoms with van der Waals surface area (Å²) in [7, 11) is 0. The van der Waals surface area contributed by atoms with Crippen molar-refractivity contribution in [1.29, 1.82) is 0 Å². The van der Waals surface area contributed by atoms with Crippen molar-refractivity contribution < 1.29 is 14.5 Å². The molecule has 0 spiro atoms. The fraction of sp³-hybridized carbons (Fsp3) is 0.150. The normalized spacial score (nSPS) is 10.8. The maximum Gasteiger partial charge on any atom is 0.289 e. The fourth-order valence-electron chi connectivity index (χ4n) is 2.68. The number of aromatic nitrogens is 2. The summed E-state index contributed by atoms with van der Waals surface area (Å²) in [4.78, 5) is 22.6. The third kappa shape index (κ3) is 4.64. The van der Waals surface area contributed by atoms with E-state index in [-0.39, 0.29) is 5.69 Å². The Bertz CT molecular complexity index is 1040. The van der Waals surface area contributed by atoms with Crippen LogP contribution in [0, 0.1) is 17.0 Å². The van der Waals surface area contributed by atoms with Gasteiger partial charge in [0.25, 0.3) is 11.6 Å². The molecule has 0 radical (unpaired) electrons. The number of nitro benzene ring substituents is 1. The van der Waals surface area contributed by atoms with Crippen molar-refractivity contribution in [2.24, 2.45) is 5.10 Å². The lowest BCUT2D eigenvalue weighted by Crippen LogP contribution is -2.19. The Hall–Kier alpha value is -4.01. The molecule has 0 saturated heterocycles. The number of carbonyl (C=O) groups excluding carboxylic acids is 1. The zero-order valence-corrected chi connectivity index (χ0v) is 15.9. The molecule has 1 aromatic heterocycles. The summed E-state index contributed by atoms with van der Waals surface area (Å²) in [5, 5.41) is 21.5. The quantitative estimate of drug-likeness (QED) is 0.362. The zero-order valence-electron chi connectivity index (χ0n) is 15.9. The van der Waals surface area contributed by atoms with E-state index in [0.717, 1.165) is 11.3 Å². The van der Waals surface area contributed by atoms with Gasteiger partial charge in [0.1, 0.15) is 11.4 Å². The van der Waals surface area contributed by atoms with Gasteiger partial charge in [0.2, 0.25) is 0 Å². The highest BCUT2D eigenvalue weighted by molar-refractivity contribution is 5.96. The second-order valence-corrected chi connectivity index (χ2v) is 6.08. The zero-order chi connectivity index (χ0) is 20.8. The van der Waals surface area contributed by atoms with E-state index in [1.54, 1.807) is 19.1 Å². The molecule has 148 valence electrons. The summed E-state index contributed by atoms with van der Waals surface area (Å²) >= 11 is 0. The largest absolute Gasteiger partial charge is 0.494 e. The number of non-ortho nitro benzene ring substituents is 1. The number of hydrogen-bond donors (Lipinski definition) is 2. The molecule has 0 aliphatic rings. The van der Waals surface area contributed by atoms with Crippen molar-refractivity contribution in [2.75, 3.05) is 6.61 Å². The van der Waals surface area contributed by atoms with Gasteiger partial charge in [-0.2, -0.15) is 10.2 Å². The van der Waals surface area contributed by atoms with Gasteiger partial charge in [0, 0.05) is 23.3 Å². The van der Waals surface area contributed by atoms with E-state index in [1.807, 2.05) is 31.2 Å². The lowest BCUT2D eigenvalue weighted by atomic mass is 10.1. The minimum Gasteiger partial charge on any atom is -0.494 e. The molecule has 3 aromatic rings. The van der Waals surface area contributed by atoms with Crippen LogP contribution in [0.1, 0.15) is 28.5 Å². The first kappa shape index (κ1) is 19.7. The fourth-order valence-corrected chi connectivity index (χ4v) is 2.68. The number of rotatable bonds is 7. The molecule has 0 bridgehead atoms. The number of nitro groups is 1. The van der Waals surface area contributed by atoms with Crippen molar-refractivity contribution in [3.8, 4) is 17.0 Å². The molecule has 0 aliphatic heterocycles. The summed E-state index contributed by atoms with van der Waals surface area (Å²) in [6, 6.07) is 13.3.